The van der Waals surface area contributed by atoms with Gasteiger partial charge in [-0.25, -0.2) is 9.48 Å². The van der Waals surface area contributed by atoms with Crippen molar-refractivity contribution in [2.45, 2.75) is 45.4 Å². The molecule has 1 aliphatic rings. The van der Waals surface area contributed by atoms with Crippen LogP contribution < -0.4 is 9.47 Å². The van der Waals surface area contributed by atoms with E-state index in [4.69, 9.17) is 14.2 Å². The van der Waals surface area contributed by atoms with E-state index in [0.717, 1.165) is 21.9 Å². The normalized spacial score (nSPS) is 13.7. The smallest absolute Gasteiger partial charge is 0.388 e. The average molecular weight is 576 g/mol. The standard InChI is InChI=1S/C32H31F2N3O5/c1-36-30(42-32(33)34)27-24-13-7-12-22-23(14-8-18-41-26-15-6-10-20-9-2-3-11-21(20)26)29(31(38)39)37(28(22)24)16-4-5-17-40-19-25(27)35-36/h2-3,6-7,9-13,15,32H,4-5,8,14,16-19H2,1H3,(H,38,39). The second-order valence-corrected chi connectivity index (χ2v) is 10.3. The van der Waals surface area contributed by atoms with Crippen molar-refractivity contribution in [1.29, 1.82) is 0 Å². The summed E-state index contributed by atoms with van der Waals surface area (Å²) in [5.41, 5.74) is 2.97. The molecule has 0 bridgehead atoms. The molecule has 0 fully saturated rings. The van der Waals surface area contributed by atoms with Crippen molar-refractivity contribution < 1.29 is 32.9 Å². The summed E-state index contributed by atoms with van der Waals surface area (Å²) in [7, 11) is 1.54. The molecule has 8 nitrogen and oxygen atoms in total. The number of halogens is 2. The Hall–Kier alpha value is -4.44. The minimum Gasteiger partial charge on any atom is -0.493 e. The van der Waals surface area contributed by atoms with Gasteiger partial charge >= 0.3 is 12.6 Å². The van der Waals surface area contributed by atoms with E-state index >= 15 is 0 Å². The second-order valence-electron chi connectivity index (χ2n) is 10.3. The van der Waals surface area contributed by atoms with Gasteiger partial charge in [0.15, 0.2) is 0 Å². The highest BCUT2D eigenvalue weighted by atomic mass is 19.3. The molecule has 5 aromatic rings. The molecule has 0 amide bonds. The lowest BCUT2D eigenvalue weighted by molar-refractivity contribution is -0.0549. The molecule has 6 rings (SSSR count). The number of rotatable bonds is 8. The molecule has 0 unspecified atom stereocenters. The summed E-state index contributed by atoms with van der Waals surface area (Å²) in [4.78, 5) is 12.8. The lowest BCUT2D eigenvalue weighted by atomic mass is 9.99. The van der Waals surface area contributed by atoms with E-state index < -0.39 is 12.6 Å². The Morgan fingerprint density at radius 1 is 1.07 bits per heavy atom. The summed E-state index contributed by atoms with van der Waals surface area (Å²) in [6.45, 7) is -1.66. The third kappa shape index (κ3) is 5.18. The van der Waals surface area contributed by atoms with Gasteiger partial charge in [-0.3, -0.25) is 0 Å². The third-order valence-corrected chi connectivity index (χ3v) is 7.66. The molecule has 2 aromatic heterocycles. The van der Waals surface area contributed by atoms with Crippen LogP contribution in [0.15, 0.2) is 60.7 Å². The van der Waals surface area contributed by atoms with Crippen molar-refractivity contribution in [2.75, 3.05) is 13.2 Å². The first-order valence-electron chi connectivity index (χ1n) is 14.0. The van der Waals surface area contributed by atoms with E-state index in [2.05, 4.69) is 5.10 Å². The number of alkyl halides is 2. The minimum atomic E-state index is -3.05. The number of fused-ring (bicyclic) bond motifs is 3. The van der Waals surface area contributed by atoms with E-state index in [9.17, 15) is 18.7 Å². The van der Waals surface area contributed by atoms with Crippen molar-refractivity contribution in [3.8, 4) is 22.8 Å². The predicted octanol–water partition coefficient (Wildman–Crippen LogP) is 6.82. The van der Waals surface area contributed by atoms with Gasteiger partial charge in [0.25, 0.3) is 0 Å². The van der Waals surface area contributed by atoms with Crippen molar-refractivity contribution >= 4 is 27.6 Å². The van der Waals surface area contributed by atoms with Crippen LogP contribution in [0.2, 0.25) is 0 Å². The van der Waals surface area contributed by atoms with Gasteiger partial charge in [-0.1, -0.05) is 54.6 Å². The van der Waals surface area contributed by atoms with Crippen LogP contribution in [0, 0.1) is 0 Å². The molecule has 0 atom stereocenters. The fraction of sp³-hybridized carbons (Fsp3) is 0.312. The van der Waals surface area contributed by atoms with E-state index in [-0.39, 0.29) is 18.2 Å². The molecule has 1 N–H and O–H groups in total. The zero-order valence-corrected chi connectivity index (χ0v) is 23.2. The highest BCUT2D eigenvalue weighted by Gasteiger charge is 2.29. The molecule has 0 spiro atoms. The first-order valence-corrected chi connectivity index (χ1v) is 14.0. The number of nitrogens with zero attached hydrogens (tertiary/aromatic N) is 3. The van der Waals surface area contributed by atoms with E-state index in [1.165, 1.54) is 4.68 Å². The van der Waals surface area contributed by atoms with Crippen LogP contribution in [-0.4, -0.2) is 45.2 Å². The Kier molecular flexibility index (Phi) is 7.80. The lowest BCUT2D eigenvalue weighted by Crippen LogP contribution is -2.12. The molecule has 218 valence electrons. The van der Waals surface area contributed by atoms with Crippen LogP contribution >= 0.6 is 0 Å². The van der Waals surface area contributed by atoms with E-state index in [1.807, 2.05) is 59.2 Å². The van der Waals surface area contributed by atoms with Crippen LogP contribution in [0.3, 0.4) is 0 Å². The van der Waals surface area contributed by atoms with Crippen LogP contribution in [0.1, 0.15) is 41.0 Å². The number of aryl methyl sites for hydroxylation is 3. The summed E-state index contributed by atoms with van der Waals surface area (Å²) in [6.07, 6.45) is 2.44. The van der Waals surface area contributed by atoms with Gasteiger partial charge in [-0.15, -0.1) is 0 Å². The zero-order valence-electron chi connectivity index (χ0n) is 23.2. The number of ether oxygens (including phenoxy) is 3. The number of carboxylic acids is 1. The summed E-state index contributed by atoms with van der Waals surface area (Å²) in [5.74, 6) is -0.350. The molecule has 3 heterocycles. The van der Waals surface area contributed by atoms with Crippen molar-refractivity contribution in [3.63, 3.8) is 0 Å². The van der Waals surface area contributed by atoms with E-state index in [1.54, 1.807) is 13.1 Å². The van der Waals surface area contributed by atoms with Crippen LogP contribution in [0.4, 0.5) is 8.78 Å². The number of carbonyl (C=O) groups is 1. The molecule has 0 saturated carbocycles. The number of benzene rings is 3. The molecule has 0 aliphatic carbocycles. The SMILES string of the molecule is Cn1nc2c(c1OC(F)F)-c1cccc3c(CCCOc4cccc5ccccc45)c(C(=O)O)n(c13)CCCCOC2. The largest absolute Gasteiger partial charge is 0.493 e. The summed E-state index contributed by atoms with van der Waals surface area (Å²) < 4.78 is 47.0. The maximum absolute atomic E-state index is 13.5. The van der Waals surface area contributed by atoms with Crippen molar-refractivity contribution in [1.82, 2.24) is 14.3 Å². The van der Waals surface area contributed by atoms with Gasteiger partial charge in [0.1, 0.15) is 17.1 Å². The number of hydrogen-bond acceptors (Lipinski definition) is 5. The van der Waals surface area contributed by atoms with Gasteiger partial charge in [-0.2, -0.15) is 13.9 Å². The Balaban J connectivity index is 1.42. The average Bonchev–Trinajstić information content (AvgIpc) is 3.45. The van der Waals surface area contributed by atoms with Gasteiger partial charge < -0.3 is 23.9 Å². The maximum atomic E-state index is 13.5. The van der Waals surface area contributed by atoms with Gasteiger partial charge in [0.2, 0.25) is 5.88 Å². The first-order chi connectivity index (χ1) is 20.4. The van der Waals surface area contributed by atoms with Gasteiger partial charge in [0, 0.05) is 36.5 Å². The minimum absolute atomic E-state index is 0.0926. The van der Waals surface area contributed by atoms with Crippen LogP contribution in [-0.2, 0) is 31.4 Å². The molecular formula is C32H31F2N3O5. The Morgan fingerprint density at radius 2 is 1.86 bits per heavy atom. The monoisotopic (exact) mass is 575 g/mol. The lowest BCUT2D eigenvalue weighted by Gasteiger charge is -2.13. The van der Waals surface area contributed by atoms with Crippen molar-refractivity contribution in [3.05, 3.63) is 77.6 Å². The number of para-hydroxylation sites is 1. The predicted molar refractivity (Wildman–Crippen MR) is 154 cm³/mol. The fourth-order valence-corrected chi connectivity index (χ4v) is 5.95. The molecular weight excluding hydrogens is 544 g/mol. The van der Waals surface area contributed by atoms with E-state index in [0.29, 0.717) is 73.3 Å². The zero-order chi connectivity index (χ0) is 29.2. The molecule has 0 radical (unpaired) electrons. The highest BCUT2D eigenvalue weighted by molar-refractivity contribution is 6.04. The molecule has 0 saturated heterocycles. The Morgan fingerprint density at radius 3 is 2.69 bits per heavy atom. The molecule has 10 heteroatoms. The molecule has 42 heavy (non-hydrogen) atoms. The Labute approximate surface area is 241 Å². The van der Waals surface area contributed by atoms with Crippen LogP contribution in [0.5, 0.6) is 11.6 Å². The van der Waals surface area contributed by atoms with Gasteiger partial charge in [0.05, 0.1) is 24.3 Å². The Bertz CT molecular complexity index is 1760. The number of aromatic nitrogens is 3. The summed E-state index contributed by atoms with van der Waals surface area (Å²) >= 11 is 0. The highest BCUT2D eigenvalue weighted by Crippen LogP contribution is 2.42. The van der Waals surface area contributed by atoms with Gasteiger partial charge in [-0.05, 0) is 42.7 Å². The number of aromatic carboxylic acids is 1. The maximum Gasteiger partial charge on any atom is 0.388 e. The third-order valence-electron chi connectivity index (χ3n) is 7.66. The fourth-order valence-electron chi connectivity index (χ4n) is 5.95. The second kappa shape index (κ2) is 11.8. The number of hydrogen-bond donors (Lipinski definition) is 1. The molecule has 3 aromatic carbocycles. The summed E-state index contributed by atoms with van der Waals surface area (Å²) in [5, 5.41) is 17.7. The topological polar surface area (TPSA) is 87.7 Å². The summed E-state index contributed by atoms with van der Waals surface area (Å²) in [6, 6.07) is 19.4. The van der Waals surface area contributed by atoms with Crippen LogP contribution in [0.25, 0.3) is 32.8 Å². The molecule has 1 aliphatic heterocycles. The number of carboxylic acid groups (broad SMARTS) is 1. The quantitative estimate of drug-likeness (QED) is 0.205. The van der Waals surface area contributed by atoms with Crippen molar-refractivity contribution in [2.24, 2.45) is 7.05 Å². The first kappa shape index (κ1) is 27.7.